The number of amides is 1. The first kappa shape index (κ1) is 18.0. The van der Waals surface area contributed by atoms with Gasteiger partial charge in [-0.05, 0) is 40.5 Å². The fourth-order valence-corrected chi connectivity index (χ4v) is 2.71. The highest BCUT2D eigenvalue weighted by Crippen LogP contribution is 2.19. The minimum Gasteiger partial charge on any atom is -0.444 e. The van der Waals surface area contributed by atoms with Crippen LogP contribution in [0.4, 0.5) is 4.79 Å². The number of hydrogen-bond donors (Lipinski definition) is 2. The summed E-state index contributed by atoms with van der Waals surface area (Å²) in [4.78, 5) is 31.6. The van der Waals surface area contributed by atoms with Crippen molar-refractivity contribution in [2.24, 2.45) is 0 Å². The highest BCUT2D eigenvalue weighted by Gasteiger charge is 2.26. The van der Waals surface area contributed by atoms with Crippen molar-refractivity contribution in [3.05, 3.63) is 46.2 Å². The largest absolute Gasteiger partial charge is 0.444 e. The molecule has 0 spiro atoms. The van der Waals surface area contributed by atoms with E-state index in [1.54, 1.807) is 6.08 Å². The molecule has 0 radical (unpaired) electrons. The van der Waals surface area contributed by atoms with Crippen LogP contribution in [0.25, 0.3) is 5.57 Å². The van der Waals surface area contributed by atoms with E-state index in [2.05, 4.69) is 21.9 Å². The number of H-pyrrole nitrogens is 1. The van der Waals surface area contributed by atoms with E-state index in [1.807, 2.05) is 33.8 Å². The van der Waals surface area contributed by atoms with Crippen LogP contribution in [0.3, 0.4) is 0 Å². The average Bonchev–Trinajstić information content (AvgIpc) is 2.47. The molecule has 1 heterocycles. The van der Waals surface area contributed by atoms with Crippen molar-refractivity contribution in [1.82, 2.24) is 15.3 Å². The molecule has 0 bridgehead atoms. The van der Waals surface area contributed by atoms with Crippen LogP contribution in [0.1, 0.15) is 51.2 Å². The lowest BCUT2D eigenvalue weighted by Gasteiger charge is -2.26. The van der Waals surface area contributed by atoms with E-state index in [0.29, 0.717) is 24.2 Å². The number of fused-ring (bicyclic) bond motifs is 1. The van der Waals surface area contributed by atoms with Crippen molar-refractivity contribution in [2.75, 3.05) is 0 Å². The van der Waals surface area contributed by atoms with E-state index in [-0.39, 0.29) is 11.6 Å². The van der Waals surface area contributed by atoms with Crippen molar-refractivity contribution in [3.8, 4) is 0 Å². The highest BCUT2D eigenvalue weighted by atomic mass is 16.6. The molecule has 0 saturated carbocycles. The number of rotatable bonds is 3. The smallest absolute Gasteiger partial charge is 0.407 e. The monoisotopic (exact) mass is 331 g/mol. The molecule has 6 heteroatoms. The summed E-state index contributed by atoms with van der Waals surface area (Å²) < 4.78 is 5.27. The number of aromatic nitrogens is 2. The number of aromatic amines is 1. The molecule has 1 atom stereocenters. The maximum Gasteiger partial charge on any atom is 0.407 e. The molecule has 1 aliphatic rings. The van der Waals surface area contributed by atoms with Crippen LogP contribution in [0.2, 0.25) is 0 Å². The Labute approximate surface area is 142 Å². The number of ether oxygens (including phenoxy) is 1. The Morgan fingerprint density at radius 3 is 2.75 bits per heavy atom. The van der Waals surface area contributed by atoms with Crippen molar-refractivity contribution in [2.45, 2.75) is 58.6 Å². The predicted octanol–water partition coefficient (Wildman–Crippen LogP) is 2.74. The molecule has 6 nitrogen and oxygen atoms in total. The number of carbonyl (C=O) groups is 1. The molecule has 1 amide bonds. The van der Waals surface area contributed by atoms with Crippen LogP contribution in [-0.2, 0) is 17.6 Å². The van der Waals surface area contributed by atoms with Crippen LogP contribution in [0.15, 0.2) is 23.5 Å². The van der Waals surface area contributed by atoms with Gasteiger partial charge in [0.25, 0.3) is 5.56 Å². The quantitative estimate of drug-likeness (QED) is 0.834. The number of allylic oxidation sites excluding steroid dienone is 3. The SMILES string of the molecule is C=C/C(=C\C)c1nc2c(c(=O)[nH]1)CC(NC(=O)OC(C)(C)C)CC2. The molecule has 2 rings (SSSR count). The summed E-state index contributed by atoms with van der Waals surface area (Å²) in [7, 11) is 0. The molecule has 1 aliphatic carbocycles. The van der Waals surface area contributed by atoms with Gasteiger partial charge in [-0.2, -0.15) is 0 Å². The Hall–Kier alpha value is -2.37. The van der Waals surface area contributed by atoms with E-state index in [0.717, 1.165) is 17.7 Å². The van der Waals surface area contributed by atoms with Gasteiger partial charge in [0.1, 0.15) is 11.4 Å². The zero-order valence-corrected chi connectivity index (χ0v) is 14.7. The minimum absolute atomic E-state index is 0.123. The van der Waals surface area contributed by atoms with Crippen molar-refractivity contribution < 1.29 is 9.53 Å². The van der Waals surface area contributed by atoms with Gasteiger partial charge in [-0.3, -0.25) is 4.79 Å². The number of carbonyl (C=O) groups excluding carboxylic acids is 1. The summed E-state index contributed by atoms with van der Waals surface area (Å²) in [6.45, 7) is 11.1. The second kappa shape index (κ2) is 7.03. The lowest BCUT2D eigenvalue weighted by atomic mass is 9.92. The first-order valence-electron chi connectivity index (χ1n) is 8.14. The highest BCUT2D eigenvalue weighted by molar-refractivity contribution is 5.69. The summed E-state index contributed by atoms with van der Waals surface area (Å²) in [6.07, 6.45) is 4.88. The first-order valence-corrected chi connectivity index (χ1v) is 8.14. The van der Waals surface area contributed by atoms with E-state index in [4.69, 9.17) is 4.74 Å². The summed E-state index contributed by atoms with van der Waals surface area (Å²) in [6, 6.07) is -0.123. The van der Waals surface area contributed by atoms with Gasteiger partial charge in [0.15, 0.2) is 0 Å². The average molecular weight is 331 g/mol. The van der Waals surface area contributed by atoms with Crippen molar-refractivity contribution in [1.29, 1.82) is 0 Å². The number of hydrogen-bond acceptors (Lipinski definition) is 4. The van der Waals surface area contributed by atoms with Gasteiger partial charge in [0.2, 0.25) is 0 Å². The molecule has 1 unspecified atom stereocenters. The molecular weight excluding hydrogens is 306 g/mol. The molecule has 0 saturated heterocycles. The number of nitrogens with one attached hydrogen (secondary N) is 2. The zero-order valence-electron chi connectivity index (χ0n) is 14.7. The zero-order chi connectivity index (χ0) is 17.9. The fraction of sp³-hybridized carbons (Fsp3) is 0.500. The van der Waals surface area contributed by atoms with Gasteiger partial charge in [-0.1, -0.05) is 18.7 Å². The van der Waals surface area contributed by atoms with Crippen LogP contribution in [0, 0.1) is 0 Å². The van der Waals surface area contributed by atoms with Gasteiger partial charge < -0.3 is 15.0 Å². The number of aryl methyl sites for hydroxylation is 1. The lowest BCUT2D eigenvalue weighted by molar-refractivity contribution is 0.0500. The molecule has 0 fully saturated rings. The molecule has 24 heavy (non-hydrogen) atoms. The molecule has 2 N–H and O–H groups in total. The third kappa shape index (κ3) is 4.34. The van der Waals surface area contributed by atoms with Gasteiger partial charge in [-0.15, -0.1) is 0 Å². The number of alkyl carbamates (subject to hydrolysis) is 1. The third-order valence-electron chi connectivity index (χ3n) is 3.81. The maximum absolute atomic E-state index is 12.4. The predicted molar refractivity (Wildman–Crippen MR) is 93.9 cm³/mol. The van der Waals surface area contributed by atoms with Gasteiger partial charge >= 0.3 is 6.09 Å². The minimum atomic E-state index is -0.543. The normalized spacial score (nSPS) is 17.8. The van der Waals surface area contributed by atoms with E-state index < -0.39 is 11.7 Å². The molecular formula is C18H25N3O3. The van der Waals surface area contributed by atoms with E-state index in [9.17, 15) is 9.59 Å². The Kier molecular flexibility index (Phi) is 5.26. The van der Waals surface area contributed by atoms with Crippen LogP contribution >= 0.6 is 0 Å². The van der Waals surface area contributed by atoms with Gasteiger partial charge in [-0.25, -0.2) is 9.78 Å². The van der Waals surface area contributed by atoms with Crippen LogP contribution < -0.4 is 10.9 Å². The summed E-state index contributed by atoms with van der Waals surface area (Å²) >= 11 is 0. The number of nitrogens with zero attached hydrogens (tertiary/aromatic N) is 1. The molecule has 0 aliphatic heterocycles. The molecule has 0 aromatic carbocycles. The topological polar surface area (TPSA) is 84.1 Å². The summed E-state index contributed by atoms with van der Waals surface area (Å²) in [5.41, 5.74) is 1.51. The Morgan fingerprint density at radius 2 is 2.17 bits per heavy atom. The van der Waals surface area contributed by atoms with Crippen LogP contribution in [0.5, 0.6) is 0 Å². The van der Waals surface area contributed by atoms with Crippen LogP contribution in [-0.4, -0.2) is 27.7 Å². The summed E-state index contributed by atoms with van der Waals surface area (Å²) in [5.74, 6) is 0.537. The second-order valence-electron chi connectivity index (χ2n) is 6.87. The Bertz CT molecular complexity index is 726. The van der Waals surface area contributed by atoms with E-state index in [1.165, 1.54) is 0 Å². The maximum atomic E-state index is 12.4. The second-order valence-corrected chi connectivity index (χ2v) is 6.87. The third-order valence-corrected chi connectivity index (χ3v) is 3.81. The molecule has 1 aromatic rings. The molecule has 1 aromatic heterocycles. The van der Waals surface area contributed by atoms with E-state index >= 15 is 0 Å². The van der Waals surface area contributed by atoms with Gasteiger partial charge in [0, 0.05) is 23.6 Å². The summed E-state index contributed by atoms with van der Waals surface area (Å²) in [5, 5.41) is 2.83. The van der Waals surface area contributed by atoms with Gasteiger partial charge in [0.05, 0.1) is 5.69 Å². The first-order chi connectivity index (χ1) is 11.2. The Morgan fingerprint density at radius 1 is 1.46 bits per heavy atom. The standard InChI is InChI=1S/C18H25N3O3/c1-6-11(7-2)15-20-14-9-8-12(10-13(14)16(22)21-15)19-17(23)24-18(3,4)5/h6-7,12H,1,8-10H2,2-5H3,(H,19,23)(H,20,21,22)/b11-7+. The molecule has 130 valence electrons. The lowest BCUT2D eigenvalue weighted by Crippen LogP contribution is -2.43. The van der Waals surface area contributed by atoms with Crippen molar-refractivity contribution in [3.63, 3.8) is 0 Å². The van der Waals surface area contributed by atoms with Crippen molar-refractivity contribution >= 4 is 11.7 Å². The fourth-order valence-electron chi connectivity index (χ4n) is 2.71. The Balaban J connectivity index is 2.16.